The van der Waals surface area contributed by atoms with Crippen LogP contribution in [0.1, 0.15) is 28.3 Å². The maximum absolute atomic E-state index is 12.7. The van der Waals surface area contributed by atoms with Crippen LogP contribution in [0.3, 0.4) is 0 Å². The van der Waals surface area contributed by atoms with Gasteiger partial charge in [-0.2, -0.15) is 11.8 Å². The molecule has 4 rings (SSSR count). The molecule has 0 saturated carbocycles. The first kappa shape index (κ1) is 23.0. The third-order valence-electron chi connectivity index (χ3n) is 4.80. The van der Waals surface area contributed by atoms with E-state index in [0.29, 0.717) is 28.6 Å². The lowest BCUT2D eigenvalue weighted by atomic mass is 10.2. The van der Waals surface area contributed by atoms with Crippen LogP contribution in [0.4, 0.5) is 11.5 Å². The highest BCUT2D eigenvalue weighted by molar-refractivity contribution is 7.99. The van der Waals surface area contributed by atoms with Crippen molar-refractivity contribution in [3.05, 3.63) is 65.7 Å². The van der Waals surface area contributed by atoms with E-state index in [0.717, 1.165) is 17.9 Å². The lowest BCUT2D eigenvalue weighted by Crippen LogP contribution is -2.17. The molecule has 1 atom stereocenters. The smallest absolute Gasteiger partial charge is 0.263 e. The van der Waals surface area contributed by atoms with Crippen molar-refractivity contribution in [3.63, 3.8) is 0 Å². The number of ether oxygens (including phenoxy) is 1. The van der Waals surface area contributed by atoms with Crippen molar-refractivity contribution in [2.24, 2.45) is 0 Å². The normalized spacial score (nSPS) is 15.8. The van der Waals surface area contributed by atoms with E-state index < -0.39 is 10.0 Å². The summed E-state index contributed by atoms with van der Waals surface area (Å²) in [4.78, 5) is 25.1. The molecule has 1 fully saturated rings. The average Bonchev–Trinajstić information content (AvgIpc) is 3.26. The molecule has 0 spiro atoms. The van der Waals surface area contributed by atoms with Crippen LogP contribution >= 0.6 is 11.8 Å². The average molecular weight is 486 g/mol. The van der Waals surface area contributed by atoms with Gasteiger partial charge in [0.15, 0.2) is 0 Å². The van der Waals surface area contributed by atoms with Crippen LogP contribution in [0.2, 0.25) is 0 Å². The first-order valence-corrected chi connectivity index (χ1v) is 12.9. The maximum atomic E-state index is 12.7. The highest BCUT2D eigenvalue weighted by atomic mass is 32.2. The number of carbonyl (C=O) groups excluding carboxylic acids is 1. The van der Waals surface area contributed by atoms with Crippen LogP contribution in [-0.2, 0) is 10.0 Å². The number of hydrogen-bond donors (Lipinski definition) is 2. The van der Waals surface area contributed by atoms with Crippen LogP contribution in [-0.4, -0.2) is 46.9 Å². The number of carbonyl (C=O) groups is 1. The van der Waals surface area contributed by atoms with Gasteiger partial charge in [0.2, 0.25) is 5.88 Å². The molecule has 1 aliphatic heterocycles. The standard InChI is InChI=1S/C22H23N5O4S2/c1-14-11-20(25-15(2)24-14)27-33(29,30)19-5-3-17(4-6-19)26-22(28)16-7-9-23-21(12-16)31-18-8-10-32-13-18/h3-7,9,11-12,18H,8,10,13H2,1-2H3,(H,26,28)(H,24,25,27). The Kier molecular flexibility index (Phi) is 6.80. The van der Waals surface area contributed by atoms with Crippen molar-refractivity contribution in [1.82, 2.24) is 15.0 Å². The molecule has 2 N–H and O–H groups in total. The molecule has 33 heavy (non-hydrogen) atoms. The van der Waals surface area contributed by atoms with Gasteiger partial charge in [0.25, 0.3) is 15.9 Å². The van der Waals surface area contributed by atoms with Gasteiger partial charge in [-0.05, 0) is 56.4 Å². The van der Waals surface area contributed by atoms with Crippen molar-refractivity contribution in [3.8, 4) is 5.88 Å². The van der Waals surface area contributed by atoms with E-state index in [1.54, 1.807) is 32.0 Å². The lowest BCUT2D eigenvalue weighted by molar-refractivity contribution is 0.102. The number of thioether (sulfide) groups is 1. The van der Waals surface area contributed by atoms with Gasteiger partial charge in [-0.1, -0.05) is 0 Å². The van der Waals surface area contributed by atoms with Gasteiger partial charge in [0.1, 0.15) is 17.7 Å². The fourth-order valence-corrected chi connectivity index (χ4v) is 5.36. The largest absolute Gasteiger partial charge is 0.473 e. The van der Waals surface area contributed by atoms with Gasteiger partial charge in [0.05, 0.1) is 4.90 Å². The SMILES string of the molecule is Cc1cc(NS(=O)(=O)c2ccc(NC(=O)c3ccnc(OC4CCSC4)c3)cc2)nc(C)n1. The Morgan fingerprint density at radius 3 is 2.61 bits per heavy atom. The Morgan fingerprint density at radius 1 is 1.12 bits per heavy atom. The molecular weight excluding hydrogens is 462 g/mol. The Hall–Kier alpha value is -3.18. The van der Waals surface area contributed by atoms with Crippen LogP contribution in [0.5, 0.6) is 5.88 Å². The van der Waals surface area contributed by atoms with Crippen LogP contribution in [0.25, 0.3) is 0 Å². The molecule has 0 aliphatic carbocycles. The summed E-state index contributed by atoms with van der Waals surface area (Å²) in [5, 5.41) is 2.76. The van der Waals surface area contributed by atoms with Crippen molar-refractivity contribution < 1.29 is 17.9 Å². The Labute approximate surface area is 196 Å². The van der Waals surface area contributed by atoms with Gasteiger partial charge >= 0.3 is 0 Å². The van der Waals surface area contributed by atoms with Gasteiger partial charge in [0, 0.05) is 41.0 Å². The van der Waals surface area contributed by atoms with Gasteiger partial charge < -0.3 is 10.1 Å². The second-order valence-electron chi connectivity index (χ2n) is 7.51. The Bertz CT molecular complexity index is 1240. The zero-order valence-electron chi connectivity index (χ0n) is 18.1. The minimum atomic E-state index is -3.84. The number of benzene rings is 1. The second-order valence-corrected chi connectivity index (χ2v) is 10.3. The van der Waals surface area contributed by atoms with Gasteiger partial charge in [-0.25, -0.2) is 23.4 Å². The van der Waals surface area contributed by atoms with Gasteiger partial charge in [-0.15, -0.1) is 0 Å². The zero-order chi connectivity index (χ0) is 23.4. The van der Waals surface area contributed by atoms with Gasteiger partial charge in [-0.3, -0.25) is 9.52 Å². The molecule has 1 amide bonds. The van der Waals surface area contributed by atoms with E-state index in [2.05, 4.69) is 25.0 Å². The molecular formula is C22H23N5O4S2. The first-order valence-electron chi connectivity index (χ1n) is 10.3. The second kappa shape index (κ2) is 9.75. The quantitative estimate of drug-likeness (QED) is 0.522. The van der Waals surface area contributed by atoms with Crippen molar-refractivity contribution in [1.29, 1.82) is 0 Å². The molecule has 1 aromatic carbocycles. The summed E-state index contributed by atoms with van der Waals surface area (Å²) >= 11 is 1.83. The van der Waals surface area contributed by atoms with E-state index in [-0.39, 0.29) is 22.7 Å². The number of rotatable bonds is 7. The maximum Gasteiger partial charge on any atom is 0.263 e. The van der Waals surface area contributed by atoms with E-state index >= 15 is 0 Å². The topological polar surface area (TPSA) is 123 Å². The number of amides is 1. The highest BCUT2D eigenvalue weighted by Crippen LogP contribution is 2.23. The summed E-state index contributed by atoms with van der Waals surface area (Å²) in [6, 6.07) is 10.6. The van der Waals surface area contributed by atoms with E-state index in [9.17, 15) is 13.2 Å². The van der Waals surface area contributed by atoms with E-state index in [1.165, 1.54) is 30.5 Å². The highest BCUT2D eigenvalue weighted by Gasteiger charge is 2.19. The molecule has 9 nitrogen and oxygen atoms in total. The number of aryl methyl sites for hydroxylation is 2. The fourth-order valence-electron chi connectivity index (χ4n) is 3.28. The van der Waals surface area contributed by atoms with Crippen LogP contribution in [0, 0.1) is 13.8 Å². The first-order chi connectivity index (χ1) is 15.8. The number of nitrogens with zero attached hydrogens (tertiary/aromatic N) is 3. The van der Waals surface area contributed by atoms with Crippen LogP contribution in [0.15, 0.2) is 53.6 Å². The van der Waals surface area contributed by atoms with E-state index in [4.69, 9.17) is 4.74 Å². The molecule has 1 saturated heterocycles. The number of sulfonamides is 1. The number of hydrogen-bond acceptors (Lipinski definition) is 8. The molecule has 1 unspecified atom stereocenters. The fraction of sp³-hybridized carbons (Fsp3) is 0.273. The third-order valence-corrected chi connectivity index (χ3v) is 7.30. The third kappa shape index (κ3) is 5.99. The molecule has 172 valence electrons. The molecule has 3 heterocycles. The number of anilines is 2. The summed E-state index contributed by atoms with van der Waals surface area (Å²) < 4.78 is 33.6. The molecule has 3 aromatic rings. The molecule has 1 aliphatic rings. The minimum absolute atomic E-state index is 0.0449. The lowest BCUT2D eigenvalue weighted by Gasteiger charge is -2.12. The summed E-state index contributed by atoms with van der Waals surface area (Å²) in [6.07, 6.45) is 2.60. The summed E-state index contributed by atoms with van der Waals surface area (Å²) in [7, 11) is -3.84. The van der Waals surface area contributed by atoms with E-state index in [1.807, 2.05) is 11.8 Å². The number of aromatic nitrogens is 3. The molecule has 0 radical (unpaired) electrons. The summed E-state index contributed by atoms with van der Waals surface area (Å²) in [5.74, 6) is 2.71. The molecule has 11 heteroatoms. The molecule has 2 aromatic heterocycles. The van der Waals surface area contributed by atoms with Crippen molar-refractivity contribution >= 4 is 39.2 Å². The van der Waals surface area contributed by atoms with Crippen LogP contribution < -0.4 is 14.8 Å². The van der Waals surface area contributed by atoms with Crippen molar-refractivity contribution in [2.45, 2.75) is 31.3 Å². The number of nitrogens with one attached hydrogen (secondary N) is 2. The summed E-state index contributed by atoms with van der Waals surface area (Å²) in [5.41, 5.74) is 1.52. The summed E-state index contributed by atoms with van der Waals surface area (Å²) in [6.45, 7) is 3.45. The zero-order valence-corrected chi connectivity index (χ0v) is 19.7. The monoisotopic (exact) mass is 485 g/mol. The predicted octanol–water partition coefficient (Wildman–Crippen LogP) is 3.43. The molecule has 0 bridgehead atoms. The number of pyridine rings is 1. The minimum Gasteiger partial charge on any atom is -0.473 e. The Balaban J connectivity index is 1.42. The van der Waals surface area contributed by atoms with Crippen molar-refractivity contribution in [2.75, 3.05) is 21.5 Å². The predicted molar refractivity (Wildman–Crippen MR) is 127 cm³/mol. The Morgan fingerprint density at radius 2 is 1.91 bits per heavy atom.